The van der Waals surface area contributed by atoms with E-state index in [0.29, 0.717) is 13.2 Å². The second-order valence-electron chi connectivity index (χ2n) is 7.54. The van der Waals surface area contributed by atoms with Gasteiger partial charge in [-0.1, -0.05) is 12.5 Å². The van der Waals surface area contributed by atoms with Crippen LogP contribution in [0.25, 0.3) is 0 Å². The Labute approximate surface area is 136 Å². The van der Waals surface area contributed by atoms with Crippen molar-refractivity contribution >= 4 is 0 Å². The molecular weight excluding hydrogens is 292 g/mol. The Morgan fingerprint density at radius 3 is 2.61 bits per heavy atom. The molecule has 3 aliphatic heterocycles. The van der Waals surface area contributed by atoms with E-state index in [-0.39, 0.29) is 23.5 Å². The van der Waals surface area contributed by atoms with Crippen LogP contribution in [0.5, 0.6) is 0 Å². The first-order valence-corrected chi connectivity index (χ1v) is 8.94. The van der Waals surface area contributed by atoms with Crippen molar-refractivity contribution in [3.8, 4) is 0 Å². The largest absolute Gasteiger partial charge is 0.348 e. The number of fused-ring (bicyclic) bond motifs is 3. The lowest BCUT2D eigenvalue weighted by atomic mass is 9.84. The number of hydrogen-bond acceptors (Lipinski definition) is 5. The molecule has 4 aliphatic rings. The molecule has 0 aromatic carbocycles. The summed E-state index contributed by atoms with van der Waals surface area (Å²) in [6.07, 6.45) is 9.97. The summed E-state index contributed by atoms with van der Waals surface area (Å²) in [6, 6.07) is 6.33. The first kappa shape index (κ1) is 14.3. The van der Waals surface area contributed by atoms with Crippen molar-refractivity contribution < 1.29 is 14.3 Å². The minimum absolute atomic E-state index is 0.131. The molecule has 1 unspecified atom stereocenters. The monoisotopic (exact) mass is 316 g/mol. The van der Waals surface area contributed by atoms with E-state index in [4.69, 9.17) is 14.3 Å². The minimum atomic E-state index is -0.313. The van der Waals surface area contributed by atoms with E-state index in [9.17, 15) is 0 Å². The van der Waals surface area contributed by atoms with Crippen molar-refractivity contribution in [2.45, 2.75) is 68.4 Å². The maximum absolute atomic E-state index is 6.32. The highest BCUT2D eigenvalue weighted by atomic mass is 16.7. The third-order valence-electron chi connectivity index (χ3n) is 5.96. The Morgan fingerprint density at radius 2 is 1.91 bits per heavy atom. The molecular formula is C18H24N2O3. The average molecular weight is 316 g/mol. The lowest BCUT2D eigenvalue weighted by molar-refractivity contribution is -0.334. The highest BCUT2D eigenvalue weighted by Crippen LogP contribution is 2.51. The number of hydrogen-bond donors (Lipinski definition) is 0. The van der Waals surface area contributed by atoms with E-state index >= 15 is 0 Å². The van der Waals surface area contributed by atoms with E-state index in [1.54, 1.807) is 0 Å². The van der Waals surface area contributed by atoms with Gasteiger partial charge in [0.05, 0.1) is 36.6 Å². The molecule has 5 heteroatoms. The SMILES string of the molecule is c1ccc([C@@H]2C[C@H]3CC4(COC5(CCCCC5)OC4)N2O3)nc1. The van der Waals surface area contributed by atoms with Crippen LogP contribution in [0, 0.1) is 0 Å². The van der Waals surface area contributed by atoms with Gasteiger partial charge in [-0.25, -0.2) is 0 Å². The van der Waals surface area contributed by atoms with Crippen LogP contribution in [0.1, 0.15) is 56.7 Å². The standard InChI is InChI=1S/C18H24N2O3/c1-3-7-18(8-4-1)21-12-17(13-22-18)11-14-10-16(20(17)23-14)15-6-2-5-9-19-15/h2,5-6,9,14,16H,1,3-4,7-8,10-13H2/t14-,16-/m0/s1. The Bertz CT molecular complexity index is 563. The molecule has 3 atom stereocenters. The van der Waals surface area contributed by atoms with Gasteiger partial charge in [-0.3, -0.25) is 9.82 Å². The first-order valence-electron chi connectivity index (χ1n) is 8.94. The average Bonchev–Trinajstić information content (AvgIpc) is 3.18. The van der Waals surface area contributed by atoms with Gasteiger partial charge in [-0.05, 0) is 31.4 Å². The van der Waals surface area contributed by atoms with Gasteiger partial charge < -0.3 is 9.47 Å². The van der Waals surface area contributed by atoms with Gasteiger partial charge in [0.15, 0.2) is 5.79 Å². The smallest absolute Gasteiger partial charge is 0.168 e. The molecule has 124 valence electrons. The van der Waals surface area contributed by atoms with Crippen molar-refractivity contribution in [1.82, 2.24) is 10.0 Å². The third kappa shape index (κ3) is 2.25. The normalized spacial score (nSPS) is 37.5. The highest BCUT2D eigenvalue weighted by molar-refractivity contribution is 5.15. The summed E-state index contributed by atoms with van der Waals surface area (Å²) >= 11 is 0. The van der Waals surface area contributed by atoms with Crippen LogP contribution in [-0.2, 0) is 14.3 Å². The quantitative estimate of drug-likeness (QED) is 0.797. The number of piperidine rings is 1. The van der Waals surface area contributed by atoms with Gasteiger partial charge in [-0.15, -0.1) is 0 Å². The Balaban J connectivity index is 1.36. The van der Waals surface area contributed by atoms with Crippen LogP contribution in [0.2, 0.25) is 0 Å². The summed E-state index contributed by atoms with van der Waals surface area (Å²) in [5, 5.41) is 2.15. The summed E-state index contributed by atoms with van der Waals surface area (Å²) < 4.78 is 12.6. The predicted molar refractivity (Wildman–Crippen MR) is 83.4 cm³/mol. The first-order chi connectivity index (χ1) is 11.3. The molecule has 1 saturated carbocycles. The summed E-state index contributed by atoms with van der Waals surface area (Å²) in [5.41, 5.74) is 0.959. The van der Waals surface area contributed by atoms with Gasteiger partial charge in [0.25, 0.3) is 0 Å². The molecule has 1 aromatic heterocycles. The number of hydroxylamine groups is 2. The molecule has 0 N–H and O–H groups in total. The second-order valence-corrected chi connectivity index (χ2v) is 7.54. The summed E-state index contributed by atoms with van der Waals surface area (Å²) in [6.45, 7) is 1.43. The molecule has 3 saturated heterocycles. The number of pyridine rings is 1. The van der Waals surface area contributed by atoms with Gasteiger partial charge in [0.2, 0.25) is 0 Å². The molecule has 5 rings (SSSR count). The number of nitrogens with zero attached hydrogens (tertiary/aromatic N) is 2. The maximum Gasteiger partial charge on any atom is 0.168 e. The maximum atomic E-state index is 6.32. The van der Waals surface area contributed by atoms with Gasteiger partial charge in [0, 0.05) is 25.5 Å². The molecule has 5 nitrogen and oxygen atoms in total. The van der Waals surface area contributed by atoms with Crippen LogP contribution in [0.3, 0.4) is 0 Å². The van der Waals surface area contributed by atoms with E-state index in [0.717, 1.165) is 31.4 Å². The predicted octanol–water partition coefficient (Wildman–Crippen LogP) is 2.98. The lowest BCUT2D eigenvalue weighted by Crippen LogP contribution is -2.60. The van der Waals surface area contributed by atoms with Crippen molar-refractivity contribution in [2.24, 2.45) is 0 Å². The van der Waals surface area contributed by atoms with Gasteiger partial charge in [-0.2, -0.15) is 5.06 Å². The molecule has 1 aromatic rings. The Morgan fingerprint density at radius 1 is 1.09 bits per heavy atom. The molecule has 0 amide bonds. The number of ether oxygens (including phenoxy) is 2. The zero-order chi connectivity index (χ0) is 15.3. The summed E-state index contributed by atoms with van der Waals surface area (Å²) in [4.78, 5) is 10.7. The van der Waals surface area contributed by atoms with Crippen molar-refractivity contribution in [2.75, 3.05) is 13.2 Å². The molecule has 2 bridgehead atoms. The van der Waals surface area contributed by atoms with Gasteiger partial charge >= 0.3 is 0 Å². The zero-order valence-electron chi connectivity index (χ0n) is 13.4. The van der Waals surface area contributed by atoms with Crippen molar-refractivity contribution in [3.63, 3.8) is 0 Å². The van der Waals surface area contributed by atoms with Crippen LogP contribution in [0.15, 0.2) is 24.4 Å². The van der Waals surface area contributed by atoms with Crippen LogP contribution in [-0.4, -0.2) is 40.7 Å². The summed E-state index contributed by atoms with van der Waals surface area (Å²) in [7, 11) is 0. The second kappa shape index (κ2) is 5.24. The fraction of sp³-hybridized carbons (Fsp3) is 0.722. The fourth-order valence-corrected chi connectivity index (χ4v) is 4.75. The zero-order valence-corrected chi connectivity index (χ0v) is 13.4. The van der Waals surface area contributed by atoms with E-state index in [2.05, 4.69) is 16.1 Å². The molecule has 2 spiro atoms. The van der Waals surface area contributed by atoms with E-state index < -0.39 is 0 Å². The minimum Gasteiger partial charge on any atom is -0.348 e. The highest BCUT2D eigenvalue weighted by Gasteiger charge is 2.60. The van der Waals surface area contributed by atoms with Crippen LogP contribution < -0.4 is 0 Å². The summed E-state index contributed by atoms with van der Waals surface area (Å²) in [5.74, 6) is -0.313. The molecule has 4 heterocycles. The molecule has 0 radical (unpaired) electrons. The molecule has 23 heavy (non-hydrogen) atoms. The van der Waals surface area contributed by atoms with Crippen molar-refractivity contribution in [3.05, 3.63) is 30.1 Å². The molecule has 1 aliphatic carbocycles. The topological polar surface area (TPSA) is 43.8 Å². The Kier molecular flexibility index (Phi) is 3.27. The van der Waals surface area contributed by atoms with Crippen molar-refractivity contribution in [1.29, 1.82) is 0 Å². The lowest BCUT2D eigenvalue weighted by Gasteiger charge is -2.50. The number of aromatic nitrogens is 1. The third-order valence-corrected chi connectivity index (χ3v) is 5.96. The van der Waals surface area contributed by atoms with E-state index in [1.807, 2.05) is 18.3 Å². The fourth-order valence-electron chi connectivity index (χ4n) is 4.75. The van der Waals surface area contributed by atoms with E-state index in [1.165, 1.54) is 19.3 Å². The van der Waals surface area contributed by atoms with Crippen LogP contribution in [0.4, 0.5) is 0 Å². The van der Waals surface area contributed by atoms with Gasteiger partial charge in [0.1, 0.15) is 0 Å². The Hall–Kier alpha value is -1.01. The molecule has 4 fully saturated rings. The van der Waals surface area contributed by atoms with Crippen LogP contribution >= 0.6 is 0 Å². The number of rotatable bonds is 1.